The number of piperazine rings is 1. The Kier molecular flexibility index (Phi) is 6.55. The first-order chi connectivity index (χ1) is 12.9. The maximum Gasteiger partial charge on any atom is 0.253 e. The number of ether oxygens (including phenoxy) is 1. The molecular formula is C20H30N2O4S. The lowest BCUT2D eigenvalue weighted by Crippen LogP contribution is -2.50. The fraction of sp³-hybridized carbons (Fsp3) is 0.650. The molecule has 27 heavy (non-hydrogen) atoms. The Bertz CT molecular complexity index is 732. The number of sulfone groups is 1. The summed E-state index contributed by atoms with van der Waals surface area (Å²) in [6.07, 6.45) is 2.26. The third-order valence-corrected chi connectivity index (χ3v) is 7.74. The van der Waals surface area contributed by atoms with E-state index < -0.39 is 15.1 Å². The molecule has 6 nitrogen and oxygen atoms in total. The number of amides is 1. The Hall–Kier alpha value is -1.44. The zero-order chi connectivity index (χ0) is 19.4. The summed E-state index contributed by atoms with van der Waals surface area (Å²) < 4.78 is 29.8. The van der Waals surface area contributed by atoms with Gasteiger partial charge < -0.3 is 9.64 Å². The second-order valence-corrected chi connectivity index (χ2v) is 10.3. The summed E-state index contributed by atoms with van der Waals surface area (Å²) in [4.78, 5) is 17.3. The molecule has 2 saturated heterocycles. The number of hydrogen-bond donors (Lipinski definition) is 0. The molecule has 1 aromatic carbocycles. The highest BCUT2D eigenvalue weighted by Gasteiger charge is 2.25. The average Bonchev–Trinajstić information content (AvgIpc) is 2.69. The van der Waals surface area contributed by atoms with Crippen molar-refractivity contribution in [3.63, 3.8) is 0 Å². The first-order valence-corrected chi connectivity index (χ1v) is 11.4. The van der Waals surface area contributed by atoms with E-state index in [1.807, 2.05) is 4.90 Å². The predicted molar refractivity (Wildman–Crippen MR) is 105 cm³/mol. The standard InChI is InChI=1S/C20H30N2O4S/c1-16(2)27(24,25)19-5-3-18(4-6-19)20(23)22-11-9-21(10-12-22)15-17-7-13-26-14-8-17/h3-6,16-17H,7-15H2,1-2H3. The van der Waals surface area contributed by atoms with Crippen LogP contribution in [0.2, 0.25) is 0 Å². The zero-order valence-corrected chi connectivity index (χ0v) is 17.1. The van der Waals surface area contributed by atoms with Crippen LogP contribution in [0.3, 0.4) is 0 Å². The fourth-order valence-corrected chi connectivity index (χ4v) is 4.73. The van der Waals surface area contributed by atoms with E-state index in [1.54, 1.807) is 38.1 Å². The van der Waals surface area contributed by atoms with Crippen LogP contribution in [0, 0.1) is 5.92 Å². The van der Waals surface area contributed by atoms with Crippen LogP contribution in [0.25, 0.3) is 0 Å². The SMILES string of the molecule is CC(C)S(=O)(=O)c1ccc(C(=O)N2CCN(CC3CCOCC3)CC2)cc1. The summed E-state index contributed by atoms with van der Waals surface area (Å²) in [5.74, 6) is 0.686. The monoisotopic (exact) mass is 394 g/mol. The molecule has 0 radical (unpaired) electrons. The molecule has 150 valence electrons. The van der Waals surface area contributed by atoms with Gasteiger partial charge in [0.1, 0.15) is 0 Å². The van der Waals surface area contributed by atoms with Gasteiger partial charge >= 0.3 is 0 Å². The van der Waals surface area contributed by atoms with Gasteiger partial charge in [-0.1, -0.05) is 0 Å². The van der Waals surface area contributed by atoms with Crippen LogP contribution in [0.15, 0.2) is 29.2 Å². The summed E-state index contributed by atoms with van der Waals surface area (Å²) >= 11 is 0. The van der Waals surface area contributed by atoms with E-state index in [1.165, 1.54) is 0 Å². The molecule has 0 N–H and O–H groups in total. The largest absolute Gasteiger partial charge is 0.381 e. The van der Waals surface area contributed by atoms with Crippen molar-refractivity contribution in [3.8, 4) is 0 Å². The van der Waals surface area contributed by atoms with E-state index in [9.17, 15) is 13.2 Å². The molecular weight excluding hydrogens is 364 g/mol. The number of nitrogens with zero attached hydrogens (tertiary/aromatic N) is 2. The zero-order valence-electron chi connectivity index (χ0n) is 16.3. The van der Waals surface area contributed by atoms with Crippen molar-refractivity contribution < 1.29 is 17.9 Å². The molecule has 2 fully saturated rings. The molecule has 0 aromatic heterocycles. The maximum absolute atomic E-state index is 12.7. The molecule has 0 atom stereocenters. The third-order valence-electron chi connectivity index (χ3n) is 5.57. The normalized spacial score (nSPS) is 20.2. The van der Waals surface area contributed by atoms with Crippen LogP contribution < -0.4 is 0 Å². The number of rotatable bonds is 5. The minimum atomic E-state index is -3.31. The summed E-state index contributed by atoms with van der Waals surface area (Å²) in [5, 5.41) is -0.470. The summed E-state index contributed by atoms with van der Waals surface area (Å²) in [6.45, 7) is 9.36. The molecule has 0 saturated carbocycles. The van der Waals surface area contributed by atoms with Gasteiger partial charge in [-0.05, 0) is 56.9 Å². The van der Waals surface area contributed by atoms with E-state index in [-0.39, 0.29) is 10.8 Å². The molecule has 0 spiro atoms. The molecule has 7 heteroatoms. The van der Waals surface area contributed by atoms with Crippen molar-refractivity contribution in [1.82, 2.24) is 9.80 Å². The van der Waals surface area contributed by atoms with E-state index in [0.29, 0.717) is 24.6 Å². The maximum atomic E-state index is 12.7. The Morgan fingerprint density at radius 2 is 1.67 bits per heavy atom. The van der Waals surface area contributed by atoms with Crippen molar-refractivity contribution in [2.75, 3.05) is 45.9 Å². The number of benzene rings is 1. The second kappa shape index (κ2) is 8.71. The van der Waals surface area contributed by atoms with Crippen molar-refractivity contribution in [2.45, 2.75) is 36.8 Å². The molecule has 1 aromatic rings. The van der Waals surface area contributed by atoms with Crippen LogP contribution in [0.1, 0.15) is 37.0 Å². The van der Waals surface area contributed by atoms with Crippen molar-refractivity contribution in [2.24, 2.45) is 5.92 Å². The van der Waals surface area contributed by atoms with Gasteiger partial charge in [0.2, 0.25) is 0 Å². The minimum Gasteiger partial charge on any atom is -0.381 e. The van der Waals surface area contributed by atoms with E-state index in [4.69, 9.17) is 4.74 Å². The predicted octanol–water partition coefficient (Wildman–Crippen LogP) is 2.05. The van der Waals surface area contributed by atoms with Gasteiger partial charge in [0.25, 0.3) is 5.91 Å². The van der Waals surface area contributed by atoms with E-state index >= 15 is 0 Å². The van der Waals surface area contributed by atoms with E-state index in [2.05, 4.69) is 4.90 Å². The van der Waals surface area contributed by atoms with Gasteiger partial charge in [-0.25, -0.2) is 8.42 Å². The van der Waals surface area contributed by atoms with Crippen LogP contribution in [0.5, 0.6) is 0 Å². The van der Waals surface area contributed by atoms with Crippen molar-refractivity contribution in [3.05, 3.63) is 29.8 Å². The van der Waals surface area contributed by atoms with Gasteiger partial charge in [-0.2, -0.15) is 0 Å². The third kappa shape index (κ3) is 4.89. The van der Waals surface area contributed by atoms with Crippen LogP contribution in [-0.4, -0.2) is 75.3 Å². The van der Waals surface area contributed by atoms with Gasteiger partial charge in [0.15, 0.2) is 9.84 Å². The molecule has 3 rings (SSSR count). The van der Waals surface area contributed by atoms with Gasteiger partial charge in [-0.15, -0.1) is 0 Å². The summed E-state index contributed by atoms with van der Waals surface area (Å²) in [7, 11) is -3.31. The molecule has 2 heterocycles. The Balaban J connectivity index is 1.54. The smallest absolute Gasteiger partial charge is 0.253 e. The molecule has 0 unspecified atom stereocenters. The molecule has 2 aliphatic rings. The number of carbonyl (C=O) groups excluding carboxylic acids is 1. The first kappa shape index (κ1) is 20.3. The topological polar surface area (TPSA) is 66.9 Å². The van der Waals surface area contributed by atoms with Crippen LogP contribution in [0.4, 0.5) is 0 Å². The van der Waals surface area contributed by atoms with Gasteiger partial charge in [0, 0.05) is 51.5 Å². The highest BCUT2D eigenvalue weighted by Crippen LogP contribution is 2.19. The van der Waals surface area contributed by atoms with Crippen LogP contribution >= 0.6 is 0 Å². The molecule has 0 aliphatic carbocycles. The fourth-order valence-electron chi connectivity index (χ4n) is 3.67. The number of hydrogen-bond acceptors (Lipinski definition) is 5. The highest BCUT2D eigenvalue weighted by molar-refractivity contribution is 7.92. The summed E-state index contributed by atoms with van der Waals surface area (Å²) in [5.41, 5.74) is 0.551. The average molecular weight is 395 g/mol. The molecule has 1 amide bonds. The van der Waals surface area contributed by atoms with Crippen LogP contribution in [-0.2, 0) is 14.6 Å². The number of carbonyl (C=O) groups is 1. The minimum absolute atomic E-state index is 0.0192. The highest BCUT2D eigenvalue weighted by atomic mass is 32.2. The summed E-state index contributed by atoms with van der Waals surface area (Å²) in [6, 6.07) is 6.35. The Morgan fingerprint density at radius 1 is 1.07 bits per heavy atom. The quantitative estimate of drug-likeness (QED) is 0.765. The lowest BCUT2D eigenvalue weighted by Gasteiger charge is -2.37. The van der Waals surface area contributed by atoms with Crippen molar-refractivity contribution in [1.29, 1.82) is 0 Å². The lowest BCUT2D eigenvalue weighted by atomic mass is 9.99. The lowest BCUT2D eigenvalue weighted by molar-refractivity contribution is 0.0393. The van der Waals surface area contributed by atoms with Gasteiger partial charge in [0.05, 0.1) is 10.1 Å². The molecule has 2 aliphatic heterocycles. The van der Waals surface area contributed by atoms with E-state index in [0.717, 1.165) is 45.7 Å². The Labute approximate surface area is 162 Å². The Morgan fingerprint density at radius 3 is 2.22 bits per heavy atom. The van der Waals surface area contributed by atoms with Crippen molar-refractivity contribution >= 4 is 15.7 Å². The second-order valence-electron chi connectivity index (χ2n) is 7.77. The first-order valence-electron chi connectivity index (χ1n) is 9.81. The van der Waals surface area contributed by atoms with Gasteiger partial charge in [-0.3, -0.25) is 9.69 Å². The molecule has 0 bridgehead atoms.